The van der Waals surface area contributed by atoms with Gasteiger partial charge in [0.25, 0.3) is 5.56 Å². The molecule has 7 heteroatoms. The van der Waals surface area contributed by atoms with E-state index in [1.807, 2.05) is 0 Å². The minimum atomic E-state index is -1.20. The Kier molecular flexibility index (Phi) is 4.73. The highest BCUT2D eigenvalue weighted by atomic mass is 79.9. The smallest absolute Gasteiger partial charge is 0.341 e. The molecule has 0 aliphatic carbocycles. The molecule has 2 heterocycles. The summed E-state index contributed by atoms with van der Waals surface area (Å²) >= 11 is 3.22. The molecule has 1 aromatic rings. The summed E-state index contributed by atoms with van der Waals surface area (Å²) in [7, 11) is 0. The maximum atomic E-state index is 12.0. The summed E-state index contributed by atoms with van der Waals surface area (Å²) < 4.78 is 7.27. The Morgan fingerprint density at radius 3 is 2.68 bits per heavy atom. The van der Waals surface area contributed by atoms with E-state index in [1.165, 1.54) is 10.6 Å². The van der Waals surface area contributed by atoms with Gasteiger partial charge in [-0.15, -0.1) is 0 Å². The first-order valence-corrected chi connectivity index (χ1v) is 6.80. The van der Waals surface area contributed by atoms with Crippen LogP contribution >= 0.6 is 15.9 Å². The van der Waals surface area contributed by atoms with E-state index in [4.69, 9.17) is 9.84 Å². The highest BCUT2D eigenvalue weighted by Gasteiger charge is 2.14. The number of hydrogen-bond donors (Lipinski definition) is 1. The van der Waals surface area contributed by atoms with Crippen LogP contribution in [0.3, 0.4) is 0 Å². The molecule has 0 atom stereocenters. The number of rotatable bonds is 4. The molecule has 1 aliphatic heterocycles. The van der Waals surface area contributed by atoms with Crippen LogP contribution in [0.2, 0.25) is 0 Å². The van der Waals surface area contributed by atoms with Gasteiger partial charge in [-0.05, 0) is 22.0 Å². The number of ether oxygens (including phenoxy) is 1. The van der Waals surface area contributed by atoms with Gasteiger partial charge in [-0.1, -0.05) is 0 Å². The molecule has 1 aromatic heterocycles. The summed E-state index contributed by atoms with van der Waals surface area (Å²) in [5, 5.41) is 8.97. The largest absolute Gasteiger partial charge is 0.477 e. The summed E-state index contributed by atoms with van der Waals surface area (Å²) in [6.07, 6.45) is 1.62. The van der Waals surface area contributed by atoms with E-state index >= 15 is 0 Å². The van der Waals surface area contributed by atoms with Crippen LogP contribution in [0, 0.1) is 0 Å². The molecule has 104 valence electrons. The number of morpholine rings is 1. The zero-order valence-electron chi connectivity index (χ0n) is 10.3. The molecule has 0 aromatic carbocycles. The molecule has 0 unspecified atom stereocenters. The first-order valence-electron chi connectivity index (χ1n) is 6.01. The van der Waals surface area contributed by atoms with Crippen LogP contribution in [0.15, 0.2) is 21.5 Å². The van der Waals surface area contributed by atoms with Crippen molar-refractivity contribution in [2.24, 2.45) is 0 Å². The van der Waals surface area contributed by atoms with Crippen LogP contribution in [-0.2, 0) is 11.3 Å². The van der Waals surface area contributed by atoms with Gasteiger partial charge in [-0.2, -0.15) is 0 Å². The first kappa shape index (κ1) is 14.2. The van der Waals surface area contributed by atoms with E-state index < -0.39 is 11.5 Å². The van der Waals surface area contributed by atoms with Gasteiger partial charge in [0.15, 0.2) is 0 Å². The van der Waals surface area contributed by atoms with Crippen LogP contribution in [0.25, 0.3) is 0 Å². The van der Waals surface area contributed by atoms with Crippen molar-refractivity contribution in [3.63, 3.8) is 0 Å². The van der Waals surface area contributed by atoms with Crippen molar-refractivity contribution >= 4 is 21.9 Å². The van der Waals surface area contributed by atoms with Crippen molar-refractivity contribution in [2.45, 2.75) is 6.54 Å². The fourth-order valence-corrected chi connectivity index (χ4v) is 2.47. The van der Waals surface area contributed by atoms with Gasteiger partial charge in [0.1, 0.15) is 5.56 Å². The second-order valence-electron chi connectivity index (χ2n) is 4.33. The normalized spacial score (nSPS) is 16.5. The van der Waals surface area contributed by atoms with Gasteiger partial charge >= 0.3 is 5.97 Å². The Labute approximate surface area is 118 Å². The van der Waals surface area contributed by atoms with Gasteiger partial charge in [-0.25, -0.2) is 4.79 Å². The molecule has 19 heavy (non-hydrogen) atoms. The summed E-state index contributed by atoms with van der Waals surface area (Å²) in [6, 6.07) is 1.33. The number of halogens is 1. The van der Waals surface area contributed by atoms with E-state index in [2.05, 4.69) is 20.8 Å². The molecule has 2 rings (SSSR count). The van der Waals surface area contributed by atoms with Crippen molar-refractivity contribution in [3.8, 4) is 0 Å². The van der Waals surface area contributed by atoms with Gasteiger partial charge in [0.2, 0.25) is 0 Å². The number of nitrogens with zero attached hydrogens (tertiary/aromatic N) is 2. The zero-order chi connectivity index (χ0) is 13.8. The minimum Gasteiger partial charge on any atom is -0.477 e. The third kappa shape index (κ3) is 3.65. The van der Waals surface area contributed by atoms with Crippen molar-refractivity contribution in [2.75, 3.05) is 32.8 Å². The number of carboxylic acid groups (broad SMARTS) is 1. The van der Waals surface area contributed by atoms with Crippen molar-refractivity contribution in [3.05, 3.63) is 32.7 Å². The summed E-state index contributed by atoms with van der Waals surface area (Å²) in [4.78, 5) is 25.1. The molecule has 1 saturated heterocycles. The van der Waals surface area contributed by atoms with Crippen LogP contribution in [0.1, 0.15) is 10.4 Å². The molecule has 1 aliphatic rings. The Bertz CT molecular complexity index is 523. The van der Waals surface area contributed by atoms with Crippen LogP contribution in [-0.4, -0.2) is 53.4 Å². The van der Waals surface area contributed by atoms with Gasteiger partial charge < -0.3 is 14.4 Å². The van der Waals surface area contributed by atoms with Crippen molar-refractivity contribution < 1.29 is 14.6 Å². The van der Waals surface area contributed by atoms with Crippen molar-refractivity contribution in [1.82, 2.24) is 9.47 Å². The number of carbonyl (C=O) groups is 1. The van der Waals surface area contributed by atoms with E-state index in [0.29, 0.717) is 30.8 Å². The van der Waals surface area contributed by atoms with Gasteiger partial charge in [-0.3, -0.25) is 9.69 Å². The summed E-state index contributed by atoms with van der Waals surface area (Å²) in [6.45, 7) is 4.27. The molecule has 1 fully saturated rings. The van der Waals surface area contributed by atoms with Crippen LogP contribution < -0.4 is 5.56 Å². The van der Waals surface area contributed by atoms with E-state index in [9.17, 15) is 9.59 Å². The zero-order valence-corrected chi connectivity index (χ0v) is 11.9. The van der Waals surface area contributed by atoms with E-state index in [1.54, 1.807) is 6.20 Å². The first-order chi connectivity index (χ1) is 9.08. The van der Waals surface area contributed by atoms with E-state index in [-0.39, 0.29) is 5.56 Å². The second kappa shape index (κ2) is 6.31. The molecule has 0 amide bonds. The predicted molar refractivity (Wildman–Crippen MR) is 72.6 cm³/mol. The van der Waals surface area contributed by atoms with Gasteiger partial charge in [0, 0.05) is 36.8 Å². The standard InChI is InChI=1S/C12H15BrN2O4/c13-9-7-10(12(17)18)11(16)15(8-9)2-1-14-3-5-19-6-4-14/h7-8H,1-6H2,(H,17,18). The molecule has 6 nitrogen and oxygen atoms in total. The molecule has 0 radical (unpaired) electrons. The molecular weight excluding hydrogens is 316 g/mol. The molecule has 1 N–H and O–H groups in total. The lowest BCUT2D eigenvalue weighted by atomic mass is 10.3. The lowest BCUT2D eigenvalue weighted by Gasteiger charge is -2.26. The monoisotopic (exact) mass is 330 g/mol. The lowest BCUT2D eigenvalue weighted by Crippen LogP contribution is -2.39. The fraction of sp³-hybridized carbons (Fsp3) is 0.500. The summed E-state index contributed by atoms with van der Waals surface area (Å²) in [5.41, 5.74) is -0.680. The second-order valence-corrected chi connectivity index (χ2v) is 5.25. The van der Waals surface area contributed by atoms with Crippen molar-refractivity contribution in [1.29, 1.82) is 0 Å². The Morgan fingerprint density at radius 2 is 2.05 bits per heavy atom. The van der Waals surface area contributed by atoms with Crippen LogP contribution in [0.5, 0.6) is 0 Å². The lowest BCUT2D eigenvalue weighted by molar-refractivity contribution is 0.0362. The van der Waals surface area contributed by atoms with E-state index in [0.717, 1.165) is 13.1 Å². The maximum Gasteiger partial charge on any atom is 0.341 e. The average Bonchev–Trinajstić information content (AvgIpc) is 2.40. The number of aromatic carboxylic acids is 1. The van der Waals surface area contributed by atoms with Gasteiger partial charge in [0.05, 0.1) is 13.2 Å². The SMILES string of the molecule is O=C(O)c1cc(Br)cn(CCN2CCOCC2)c1=O. The molecule has 0 spiro atoms. The Balaban J connectivity index is 2.11. The maximum absolute atomic E-state index is 12.0. The highest BCUT2D eigenvalue weighted by Crippen LogP contribution is 2.09. The highest BCUT2D eigenvalue weighted by molar-refractivity contribution is 9.10. The number of pyridine rings is 1. The third-order valence-electron chi connectivity index (χ3n) is 3.04. The topological polar surface area (TPSA) is 71.8 Å². The quantitative estimate of drug-likeness (QED) is 0.877. The average molecular weight is 331 g/mol. The minimum absolute atomic E-state index is 0.212. The Hall–Kier alpha value is -1.18. The Morgan fingerprint density at radius 1 is 1.37 bits per heavy atom. The predicted octanol–water partition coefficient (Wildman–Crippen LogP) is 0.641. The van der Waals surface area contributed by atoms with Crippen LogP contribution in [0.4, 0.5) is 0 Å². The molecular formula is C12H15BrN2O4. The number of aromatic nitrogens is 1. The number of carboxylic acids is 1. The summed E-state index contributed by atoms with van der Waals surface area (Å²) in [5.74, 6) is -1.20. The fourth-order valence-electron chi connectivity index (χ4n) is 1.99. The third-order valence-corrected chi connectivity index (χ3v) is 3.48. The molecule has 0 bridgehead atoms. The molecule has 0 saturated carbocycles. The number of hydrogen-bond acceptors (Lipinski definition) is 4.